The van der Waals surface area contributed by atoms with Crippen molar-refractivity contribution in [3.05, 3.63) is 29.6 Å². The maximum absolute atomic E-state index is 14.0. The summed E-state index contributed by atoms with van der Waals surface area (Å²) in [6.07, 6.45) is 4.82. The molecule has 2 fully saturated rings. The van der Waals surface area contributed by atoms with Gasteiger partial charge in [-0.2, -0.15) is 5.26 Å². The minimum absolute atomic E-state index is 0.276. The van der Waals surface area contributed by atoms with Gasteiger partial charge >= 0.3 is 0 Å². The normalized spacial score (nSPS) is 23.8. The van der Waals surface area contributed by atoms with Gasteiger partial charge in [0.05, 0.1) is 17.3 Å². The van der Waals surface area contributed by atoms with Gasteiger partial charge in [-0.25, -0.2) is 4.39 Å². The molecule has 3 rings (SSSR count). The first-order valence-corrected chi connectivity index (χ1v) is 7.46. The molecule has 1 N–H and O–H groups in total. The zero-order valence-electron chi connectivity index (χ0n) is 11.6. The first-order valence-electron chi connectivity index (χ1n) is 7.46. The molecule has 4 heteroatoms. The molecule has 1 atom stereocenters. The van der Waals surface area contributed by atoms with E-state index < -0.39 is 0 Å². The summed E-state index contributed by atoms with van der Waals surface area (Å²) in [6.45, 7) is 2.96. The van der Waals surface area contributed by atoms with Gasteiger partial charge in [0.2, 0.25) is 0 Å². The molecule has 20 heavy (non-hydrogen) atoms. The van der Waals surface area contributed by atoms with Gasteiger partial charge in [-0.15, -0.1) is 0 Å². The fourth-order valence-electron chi connectivity index (χ4n) is 3.49. The van der Waals surface area contributed by atoms with Crippen molar-refractivity contribution >= 4 is 5.69 Å². The van der Waals surface area contributed by atoms with Crippen molar-refractivity contribution in [2.75, 3.05) is 24.5 Å². The lowest BCUT2D eigenvalue weighted by atomic mass is 9.88. The smallest absolute Gasteiger partial charge is 0.147 e. The highest BCUT2D eigenvalue weighted by Crippen LogP contribution is 2.29. The number of nitrogens with one attached hydrogen (secondary N) is 1. The van der Waals surface area contributed by atoms with E-state index in [4.69, 9.17) is 5.26 Å². The van der Waals surface area contributed by atoms with Gasteiger partial charge in [-0.3, -0.25) is 0 Å². The SMILES string of the molecule is N#Cc1ccc(N2CCC(C3CCCN3)CC2)c(F)c1. The Labute approximate surface area is 119 Å². The summed E-state index contributed by atoms with van der Waals surface area (Å²) in [6, 6.07) is 7.41. The zero-order valence-corrected chi connectivity index (χ0v) is 11.6. The van der Waals surface area contributed by atoms with Crippen LogP contribution in [0, 0.1) is 23.1 Å². The Balaban J connectivity index is 1.64. The number of anilines is 1. The molecule has 0 radical (unpaired) electrons. The third-order valence-corrected chi connectivity index (χ3v) is 4.62. The molecule has 2 aliphatic rings. The highest BCUT2D eigenvalue weighted by atomic mass is 19.1. The summed E-state index contributed by atoms with van der Waals surface area (Å²) < 4.78 is 14.0. The van der Waals surface area contributed by atoms with Crippen LogP contribution in [0.15, 0.2) is 18.2 Å². The van der Waals surface area contributed by atoms with Crippen molar-refractivity contribution in [3.63, 3.8) is 0 Å². The van der Waals surface area contributed by atoms with Crippen molar-refractivity contribution < 1.29 is 4.39 Å². The molecule has 1 aromatic rings. The second kappa shape index (κ2) is 5.80. The summed E-state index contributed by atoms with van der Waals surface area (Å²) in [4.78, 5) is 2.11. The Morgan fingerprint density at radius 3 is 2.65 bits per heavy atom. The number of nitrogens with zero attached hydrogens (tertiary/aromatic N) is 2. The number of rotatable bonds is 2. The molecule has 2 aliphatic heterocycles. The van der Waals surface area contributed by atoms with Crippen LogP contribution in [0.5, 0.6) is 0 Å². The Morgan fingerprint density at radius 2 is 2.05 bits per heavy atom. The van der Waals surface area contributed by atoms with E-state index in [0.717, 1.165) is 38.4 Å². The van der Waals surface area contributed by atoms with Gasteiger partial charge in [0, 0.05) is 19.1 Å². The predicted octanol–water partition coefficient (Wildman–Crippen LogP) is 2.67. The average molecular weight is 273 g/mol. The van der Waals surface area contributed by atoms with Crippen LogP contribution in [-0.2, 0) is 0 Å². The van der Waals surface area contributed by atoms with Crippen LogP contribution in [0.25, 0.3) is 0 Å². The molecule has 0 aliphatic carbocycles. The van der Waals surface area contributed by atoms with Crippen LogP contribution >= 0.6 is 0 Å². The molecule has 1 unspecified atom stereocenters. The molecular weight excluding hydrogens is 253 g/mol. The third-order valence-electron chi connectivity index (χ3n) is 4.62. The molecule has 0 amide bonds. The lowest BCUT2D eigenvalue weighted by Crippen LogP contribution is -2.41. The number of nitriles is 1. The minimum atomic E-state index is -0.276. The van der Waals surface area contributed by atoms with E-state index in [-0.39, 0.29) is 5.82 Å². The maximum atomic E-state index is 14.0. The molecule has 0 aromatic heterocycles. The van der Waals surface area contributed by atoms with Crippen LogP contribution < -0.4 is 10.2 Å². The molecule has 1 aromatic carbocycles. The van der Waals surface area contributed by atoms with Gasteiger partial charge in [0.15, 0.2) is 0 Å². The van der Waals surface area contributed by atoms with E-state index in [1.807, 2.05) is 6.07 Å². The average Bonchev–Trinajstić information content (AvgIpc) is 3.01. The lowest BCUT2D eigenvalue weighted by molar-refractivity contribution is 0.318. The van der Waals surface area contributed by atoms with Crippen molar-refractivity contribution in [1.29, 1.82) is 5.26 Å². The fraction of sp³-hybridized carbons (Fsp3) is 0.562. The molecule has 106 valence electrons. The van der Waals surface area contributed by atoms with Gasteiger partial charge in [-0.1, -0.05) is 0 Å². The van der Waals surface area contributed by atoms with Crippen molar-refractivity contribution in [2.24, 2.45) is 5.92 Å². The van der Waals surface area contributed by atoms with E-state index in [1.165, 1.54) is 18.9 Å². The predicted molar refractivity (Wildman–Crippen MR) is 77.1 cm³/mol. The van der Waals surface area contributed by atoms with Crippen molar-refractivity contribution in [1.82, 2.24) is 5.32 Å². The van der Waals surface area contributed by atoms with Gasteiger partial charge in [-0.05, 0) is 56.3 Å². The summed E-state index contributed by atoms with van der Waals surface area (Å²) in [5.74, 6) is 0.455. The van der Waals surface area contributed by atoms with E-state index in [1.54, 1.807) is 12.1 Å². The molecule has 3 nitrogen and oxygen atoms in total. The van der Waals surface area contributed by atoms with Crippen LogP contribution in [0.2, 0.25) is 0 Å². The number of halogens is 1. The lowest BCUT2D eigenvalue weighted by Gasteiger charge is -2.36. The second-order valence-corrected chi connectivity index (χ2v) is 5.81. The Kier molecular flexibility index (Phi) is 3.88. The first-order chi connectivity index (χ1) is 9.78. The van der Waals surface area contributed by atoms with Crippen molar-refractivity contribution in [2.45, 2.75) is 31.7 Å². The largest absolute Gasteiger partial charge is 0.369 e. The fourth-order valence-corrected chi connectivity index (χ4v) is 3.49. The second-order valence-electron chi connectivity index (χ2n) is 5.81. The molecule has 0 bridgehead atoms. The van der Waals surface area contributed by atoms with Gasteiger partial charge < -0.3 is 10.2 Å². The van der Waals surface area contributed by atoms with E-state index >= 15 is 0 Å². The third kappa shape index (κ3) is 2.64. The van der Waals surface area contributed by atoms with Gasteiger partial charge in [0.1, 0.15) is 5.82 Å². The highest BCUT2D eigenvalue weighted by Gasteiger charge is 2.29. The standard InChI is InChI=1S/C16H20FN3/c17-14-10-12(11-18)3-4-16(14)20-8-5-13(6-9-20)15-2-1-7-19-15/h3-4,10,13,15,19H,1-2,5-9H2. The summed E-state index contributed by atoms with van der Waals surface area (Å²) >= 11 is 0. The van der Waals surface area contributed by atoms with Crippen LogP contribution in [0.4, 0.5) is 10.1 Å². The Morgan fingerprint density at radius 1 is 1.25 bits per heavy atom. The zero-order chi connectivity index (χ0) is 13.9. The van der Waals surface area contributed by atoms with Crippen LogP contribution in [0.3, 0.4) is 0 Å². The molecule has 0 saturated carbocycles. The van der Waals surface area contributed by atoms with E-state index in [0.29, 0.717) is 17.3 Å². The topological polar surface area (TPSA) is 39.1 Å². The summed E-state index contributed by atoms with van der Waals surface area (Å²) in [7, 11) is 0. The molecule has 2 heterocycles. The molecular formula is C16H20FN3. The number of hydrogen-bond donors (Lipinski definition) is 1. The first kappa shape index (κ1) is 13.4. The minimum Gasteiger partial charge on any atom is -0.369 e. The summed E-state index contributed by atoms with van der Waals surface area (Å²) in [5, 5.41) is 12.4. The van der Waals surface area contributed by atoms with Crippen LogP contribution in [0.1, 0.15) is 31.2 Å². The van der Waals surface area contributed by atoms with E-state index in [9.17, 15) is 4.39 Å². The molecule has 2 saturated heterocycles. The monoisotopic (exact) mass is 273 g/mol. The number of benzene rings is 1. The quantitative estimate of drug-likeness (QED) is 0.900. The van der Waals surface area contributed by atoms with Crippen LogP contribution in [-0.4, -0.2) is 25.7 Å². The Bertz CT molecular complexity index is 509. The maximum Gasteiger partial charge on any atom is 0.147 e. The van der Waals surface area contributed by atoms with Crippen molar-refractivity contribution in [3.8, 4) is 6.07 Å². The van der Waals surface area contributed by atoms with E-state index in [2.05, 4.69) is 10.2 Å². The Hall–Kier alpha value is -1.60. The highest BCUT2D eigenvalue weighted by molar-refractivity contribution is 5.51. The summed E-state index contributed by atoms with van der Waals surface area (Å²) in [5.41, 5.74) is 1.03. The number of piperidine rings is 1. The number of hydrogen-bond acceptors (Lipinski definition) is 3. The molecule has 0 spiro atoms. The van der Waals surface area contributed by atoms with Gasteiger partial charge in [0.25, 0.3) is 0 Å².